The molecule has 0 aromatic carbocycles. The summed E-state index contributed by atoms with van der Waals surface area (Å²) < 4.78 is 1.22. The van der Waals surface area contributed by atoms with E-state index in [4.69, 9.17) is 0 Å². The molecule has 27 heavy (non-hydrogen) atoms. The Hall–Kier alpha value is -2.31. The van der Waals surface area contributed by atoms with E-state index in [9.17, 15) is 0 Å². The zero-order valence-corrected chi connectivity index (χ0v) is 16.7. The molecule has 0 atom stereocenters. The number of thiophene rings is 1. The van der Waals surface area contributed by atoms with Crippen molar-refractivity contribution in [1.82, 2.24) is 19.9 Å². The van der Waals surface area contributed by atoms with Crippen LogP contribution in [-0.4, -0.2) is 46.5 Å². The summed E-state index contributed by atoms with van der Waals surface area (Å²) in [5.41, 5.74) is 2.92. The number of rotatable bonds is 5. The Kier molecular flexibility index (Phi) is 5.18. The van der Waals surface area contributed by atoms with Crippen LogP contribution in [0.25, 0.3) is 15.7 Å². The van der Waals surface area contributed by atoms with Gasteiger partial charge in [0.25, 0.3) is 0 Å². The molecule has 0 unspecified atom stereocenters. The van der Waals surface area contributed by atoms with Crippen LogP contribution in [0.4, 0.5) is 5.95 Å². The first-order valence-corrected chi connectivity index (χ1v) is 10.2. The first kappa shape index (κ1) is 18.1. The highest BCUT2D eigenvalue weighted by Crippen LogP contribution is 2.33. The maximum absolute atomic E-state index is 4.67. The van der Waals surface area contributed by atoms with Crippen molar-refractivity contribution in [3.05, 3.63) is 53.4 Å². The van der Waals surface area contributed by atoms with Gasteiger partial charge in [-0.3, -0.25) is 4.98 Å². The lowest BCUT2D eigenvalue weighted by atomic mass is 9.97. The SMILES string of the molecule is C=C(c1cc2cnccc2s1)c1cnc(NCC2CCN(C)CC2)nc1C. The number of nitrogens with one attached hydrogen (secondary N) is 1. The average Bonchev–Trinajstić information content (AvgIpc) is 3.11. The van der Waals surface area contributed by atoms with Crippen LogP contribution in [0, 0.1) is 12.8 Å². The summed E-state index contributed by atoms with van der Waals surface area (Å²) >= 11 is 1.73. The Morgan fingerprint density at radius 3 is 2.89 bits per heavy atom. The summed E-state index contributed by atoms with van der Waals surface area (Å²) in [6.07, 6.45) is 8.08. The highest BCUT2D eigenvalue weighted by molar-refractivity contribution is 7.20. The van der Waals surface area contributed by atoms with E-state index in [-0.39, 0.29) is 0 Å². The van der Waals surface area contributed by atoms with Crippen molar-refractivity contribution in [1.29, 1.82) is 0 Å². The number of aromatic nitrogens is 3. The average molecular weight is 380 g/mol. The number of likely N-dealkylation sites (tertiary alicyclic amines) is 1. The Labute approximate surface area is 164 Å². The van der Waals surface area contributed by atoms with Gasteiger partial charge in [0.1, 0.15) is 0 Å². The molecule has 0 amide bonds. The van der Waals surface area contributed by atoms with Crippen LogP contribution in [0.15, 0.2) is 37.3 Å². The van der Waals surface area contributed by atoms with Gasteiger partial charge in [-0.15, -0.1) is 11.3 Å². The van der Waals surface area contributed by atoms with Crippen molar-refractivity contribution in [2.75, 3.05) is 32.0 Å². The number of fused-ring (bicyclic) bond motifs is 1. The highest BCUT2D eigenvalue weighted by Gasteiger charge is 2.17. The second-order valence-corrected chi connectivity index (χ2v) is 8.41. The minimum atomic E-state index is 0.701. The molecule has 140 valence electrons. The molecule has 5 nitrogen and oxygen atoms in total. The van der Waals surface area contributed by atoms with E-state index < -0.39 is 0 Å². The summed E-state index contributed by atoms with van der Waals surface area (Å²) in [6.45, 7) is 9.61. The molecule has 1 aliphatic rings. The standard InChI is InChI=1S/C21H25N5S/c1-14(20-10-17-12-22-7-4-19(17)27-20)18-13-24-21(25-15(18)2)23-11-16-5-8-26(3)9-6-16/h4,7,10,12-13,16H,1,5-6,8-9,11H2,2-3H3,(H,23,24,25). The smallest absolute Gasteiger partial charge is 0.222 e. The summed E-state index contributed by atoms with van der Waals surface area (Å²) in [7, 11) is 2.19. The van der Waals surface area contributed by atoms with Crippen molar-refractivity contribution < 1.29 is 0 Å². The zero-order valence-electron chi connectivity index (χ0n) is 15.9. The lowest BCUT2D eigenvalue weighted by Gasteiger charge is -2.28. The van der Waals surface area contributed by atoms with Crippen LogP contribution in [0.2, 0.25) is 0 Å². The van der Waals surface area contributed by atoms with Crippen LogP contribution in [0.3, 0.4) is 0 Å². The lowest BCUT2D eigenvalue weighted by molar-refractivity contribution is 0.226. The normalized spacial score (nSPS) is 15.9. The van der Waals surface area contributed by atoms with E-state index in [1.54, 1.807) is 11.3 Å². The van der Waals surface area contributed by atoms with Crippen LogP contribution in [0.1, 0.15) is 29.0 Å². The molecule has 0 bridgehead atoms. The van der Waals surface area contributed by atoms with Crippen LogP contribution in [-0.2, 0) is 0 Å². The summed E-state index contributed by atoms with van der Waals surface area (Å²) in [5.74, 6) is 1.41. The van der Waals surface area contributed by atoms with Crippen molar-refractivity contribution in [2.24, 2.45) is 5.92 Å². The van der Waals surface area contributed by atoms with Crippen molar-refractivity contribution in [3.63, 3.8) is 0 Å². The molecule has 1 fully saturated rings. The van der Waals surface area contributed by atoms with Gasteiger partial charge in [0.2, 0.25) is 5.95 Å². The fourth-order valence-electron chi connectivity index (χ4n) is 3.52. The fourth-order valence-corrected chi connectivity index (χ4v) is 4.53. The Balaban J connectivity index is 1.45. The second-order valence-electron chi connectivity index (χ2n) is 7.32. The summed E-state index contributed by atoms with van der Waals surface area (Å²) in [5, 5.41) is 4.57. The third-order valence-corrected chi connectivity index (χ3v) is 6.48. The van der Waals surface area contributed by atoms with E-state index >= 15 is 0 Å². The molecule has 4 heterocycles. The predicted molar refractivity (Wildman–Crippen MR) is 113 cm³/mol. The van der Waals surface area contributed by atoms with Crippen molar-refractivity contribution in [3.8, 4) is 0 Å². The number of pyridine rings is 1. The number of hydrogen-bond donors (Lipinski definition) is 1. The number of aryl methyl sites for hydroxylation is 1. The monoisotopic (exact) mass is 379 g/mol. The summed E-state index contributed by atoms with van der Waals surface area (Å²) in [4.78, 5) is 16.9. The van der Waals surface area contributed by atoms with E-state index in [0.717, 1.165) is 33.6 Å². The van der Waals surface area contributed by atoms with E-state index in [2.05, 4.69) is 44.9 Å². The zero-order chi connectivity index (χ0) is 18.8. The molecular weight excluding hydrogens is 354 g/mol. The van der Waals surface area contributed by atoms with Crippen LogP contribution < -0.4 is 5.32 Å². The van der Waals surface area contributed by atoms with Gasteiger partial charge in [-0.25, -0.2) is 9.97 Å². The van der Waals surface area contributed by atoms with Crippen molar-refractivity contribution in [2.45, 2.75) is 19.8 Å². The van der Waals surface area contributed by atoms with E-state index in [1.165, 1.54) is 30.6 Å². The van der Waals surface area contributed by atoms with Crippen LogP contribution in [0.5, 0.6) is 0 Å². The maximum atomic E-state index is 4.67. The Morgan fingerprint density at radius 1 is 1.33 bits per heavy atom. The molecular formula is C21H25N5S. The van der Waals surface area contributed by atoms with Gasteiger partial charge in [-0.1, -0.05) is 6.58 Å². The van der Waals surface area contributed by atoms with Crippen LogP contribution >= 0.6 is 11.3 Å². The van der Waals surface area contributed by atoms with Gasteiger partial charge in [-0.2, -0.15) is 0 Å². The third kappa shape index (κ3) is 4.01. The Morgan fingerprint density at radius 2 is 2.15 bits per heavy atom. The van der Waals surface area contributed by atoms with Gasteiger partial charge in [-0.05, 0) is 63.5 Å². The molecule has 3 aromatic heterocycles. The summed E-state index contributed by atoms with van der Waals surface area (Å²) in [6, 6.07) is 4.18. The second kappa shape index (κ2) is 7.74. The molecule has 0 aliphatic carbocycles. The quantitative estimate of drug-likeness (QED) is 0.720. The molecule has 1 aliphatic heterocycles. The molecule has 1 N–H and O–H groups in total. The topological polar surface area (TPSA) is 53.9 Å². The first-order chi connectivity index (χ1) is 13.1. The lowest BCUT2D eigenvalue weighted by Crippen LogP contribution is -2.33. The minimum Gasteiger partial charge on any atom is -0.354 e. The van der Waals surface area contributed by atoms with E-state index in [1.807, 2.05) is 31.6 Å². The molecule has 0 radical (unpaired) electrons. The number of anilines is 1. The number of piperidine rings is 1. The first-order valence-electron chi connectivity index (χ1n) is 9.39. The van der Waals surface area contributed by atoms with Gasteiger partial charge >= 0.3 is 0 Å². The largest absolute Gasteiger partial charge is 0.354 e. The Bertz CT molecular complexity index is 923. The predicted octanol–water partition coefficient (Wildman–Crippen LogP) is 4.21. The van der Waals surface area contributed by atoms with Gasteiger partial charge in [0.05, 0.1) is 5.69 Å². The van der Waals surface area contributed by atoms with Gasteiger partial charge in [0, 0.05) is 45.7 Å². The van der Waals surface area contributed by atoms with Gasteiger partial charge < -0.3 is 10.2 Å². The van der Waals surface area contributed by atoms with Crippen molar-refractivity contribution >= 4 is 32.9 Å². The fraction of sp³-hybridized carbons (Fsp3) is 0.381. The number of hydrogen-bond acceptors (Lipinski definition) is 6. The van der Waals surface area contributed by atoms with Gasteiger partial charge in [0.15, 0.2) is 0 Å². The molecule has 4 rings (SSSR count). The molecule has 0 spiro atoms. The molecule has 6 heteroatoms. The number of nitrogens with zero attached hydrogens (tertiary/aromatic N) is 4. The molecule has 1 saturated heterocycles. The van der Waals surface area contributed by atoms with E-state index in [0.29, 0.717) is 11.9 Å². The molecule has 3 aromatic rings. The minimum absolute atomic E-state index is 0.701. The third-order valence-electron chi connectivity index (χ3n) is 5.31. The highest BCUT2D eigenvalue weighted by atomic mass is 32.1. The maximum Gasteiger partial charge on any atom is 0.222 e. The molecule has 0 saturated carbocycles.